The molecule has 92 valence electrons. The third-order valence-corrected chi connectivity index (χ3v) is 1.71. The third-order valence-electron chi connectivity index (χ3n) is 1.40. The van der Waals surface area contributed by atoms with Crippen LogP contribution in [0.3, 0.4) is 0 Å². The van der Waals surface area contributed by atoms with Crippen LogP contribution >= 0.6 is 12.2 Å². The van der Waals surface area contributed by atoms with Crippen LogP contribution in [0, 0.1) is 0 Å². The molecule has 0 aromatic rings. The van der Waals surface area contributed by atoms with Crippen LogP contribution in [0.15, 0.2) is 0 Å². The summed E-state index contributed by atoms with van der Waals surface area (Å²) in [7, 11) is 1.57. The molecule has 0 atom stereocenters. The van der Waals surface area contributed by atoms with Crippen molar-refractivity contribution in [1.29, 1.82) is 0 Å². The Balaban J connectivity index is 3.84. The van der Waals surface area contributed by atoms with Crippen molar-refractivity contribution >= 4 is 29.2 Å². The standard InChI is InChI=1S/C9H16N2O4S/c1-9(2,14)15-7(13)5-4-6(12)11-8(16)10-3/h14H,4-5H2,1-3H3,(H2,10,11,12,16). The number of hydrogen-bond donors (Lipinski definition) is 3. The fourth-order valence-corrected chi connectivity index (χ4v) is 0.911. The molecule has 16 heavy (non-hydrogen) atoms. The Bertz CT molecular complexity index is 286. The van der Waals surface area contributed by atoms with Gasteiger partial charge < -0.3 is 20.5 Å². The minimum absolute atomic E-state index is 0.0449. The number of aliphatic hydroxyl groups is 1. The van der Waals surface area contributed by atoms with E-state index in [1.54, 1.807) is 7.05 Å². The second-order valence-corrected chi connectivity index (χ2v) is 3.96. The van der Waals surface area contributed by atoms with Crippen LogP contribution in [-0.2, 0) is 14.3 Å². The van der Waals surface area contributed by atoms with Crippen molar-refractivity contribution in [3.63, 3.8) is 0 Å². The molecule has 3 N–H and O–H groups in total. The van der Waals surface area contributed by atoms with Crippen molar-refractivity contribution < 1.29 is 19.4 Å². The summed E-state index contributed by atoms with van der Waals surface area (Å²) in [4.78, 5) is 22.3. The lowest BCUT2D eigenvalue weighted by Crippen LogP contribution is -2.37. The van der Waals surface area contributed by atoms with Crippen LogP contribution in [0.1, 0.15) is 26.7 Å². The summed E-state index contributed by atoms with van der Waals surface area (Å²) in [5.74, 6) is -2.54. The summed E-state index contributed by atoms with van der Waals surface area (Å²) in [6.45, 7) is 2.67. The van der Waals surface area contributed by atoms with E-state index in [0.717, 1.165) is 0 Å². The van der Waals surface area contributed by atoms with Gasteiger partial charge in [-0.15, -0.1) is 0 Å². The third kappa shape index (κ3) is 8.13. The van der Waals surface area contributed by atoms with Gasteiger partial charge in [0.15, 0.2) is 5.11 Å². The van der Waals surface area contributed by atoms with E-state index in [-0.39, 0.29) is 23.9 Å². The molecule has 0 aromatic heterocycles. The molecule has 0 aliphatic heterocycles. The maximum absolute atomic E-state index is 11.2. The molecule has 0 aliphatic rings. The molecule has 0 bridgehead atoms. The average molecular weight is 248 g/mol. The Hall–Kier alpha value is -1.21. The topological polar surface area (TPSA) is 87.7 Å². The van der Waals surface area contributed by atoms with E-state index < -0.39 is 11.8 Å². The molecule has 0 rings (SSSR count). The van der Waals surface area contributed by atoms with Gasteiger partial charge in [-0.05, 0) is 12.2 Å². The highest BCUT2D eigenvalue weighted by molar-refractivity contribution is 7.80. The second kappa shape index (κ2) is 6.39. The fraction of sp³-hybridized carbons (Fsp3) is 0.667. The molecule has 0 saturated carbocycles. The molecule has 0 aromatic carbocycles. The first-order valence-corrected chi connectivity index (χ1v) is 5.11. The Morgan fingerprint density at radius 2 is 1.94 bits per heavy atom. The van der Waals surface area contributed by atoms with E-state index in [9.17, 15) is 9.59 Å². The van der Waals surface area contributed by atoms with Gasteiger partial charge in [0, 0.05) is 27.3 Å². The quantitative estimate of drug-likeness (QED) is 0.358. The van der Waals surface area contributed by atoms with Crippen molar-refractivity contribution in [2.75, 3.05) is 7.05 Å². The molecule has 6 nitrogen and oxygen atoms in total. The predicted octanol–water partition coefficient (Wildman–Crippen LogP) is -0.341. The number of ether oxygens (including phenoxy) is 1. The first kappa shape index (κ1) is 14.8. The van der Waals surface area contributed by atoms with E-state index in [4.69, 9.17) is 17.3 Å². The molecule has 0 heterocycles. The molecular weight excluding hydrogens is 232 g/mol. The number of esters is 1. The van der Waals surface area contributed by atoms with Gasteiger partial charge >= 0.3 is 5.97 Å². The van der Waals surface area contributed by atoms with Crippen molar-refractivity contribution in [3.05, 3.63) is 0 Å². The zero-order valence-corrected chi connectivity index (χ0v) is 10.3. The highest BCUT2D eigenvalue weighted by Gasteiger charge is 2.18. The number of nitrogens with one attached hydrogen (secondary N) is 2. The first-order chi connectivity index (χ1) is 7.24. The van der Waals surface area contributed by atoms with Crippen molar-refractivity contribution in [2.24, 2.45) is 0 Å². The molecule has 7 heteroatoms. The van der Waals surface area contributed by atoms with E-state index in [1.165, 1.54) is 13.8 Å². The minimum atomic E-state index is -1.52. The summed E-state index contributed by atoms with van der Waals surface area (Å²) >= 11 is 4.70. The van der Waals surface area contributed by atoms with Crippen LogP contribution in [0.2, 0.25) is 0 Å². The minimum Gasteiger partial charge on any atom is -0.434 e. The second-order valence-electron chi connectivity index (χ2n) is 3.55. The van der Waals surface area contributed by atoms with Gasteiger partial charge in [0.25, 0.3) is 0 Å². The van der Waals surface area contributed by atoms with E-state index >= 15 is 0 Å². The van der Waals surface area contributed by atoms with Gasteiger partial charge in [0.05, 0.1) is 6.42 Å². The SMILES string of the molecule is CNC(=S)NC(=O)CCC(=O)OC(C)(C)O. The molecule has 0 aliphatic carbocycles. The molecule has 0 radical (unpaired) electrons. The van der Waals surface area contributed by atoms with Gasteiger partial charge in [-0.2, -0.15) is 0 Å². The van der Waals surface area contributed by atoms with Gasteiger partial charge in [-0.1, -0.05) is 0 Å². The Morgan fingerprint density at radius 1 is 1.38 bits per heavy atom. The monoisotopic (exact) mass is 248 g/mol. The van der Waals surface area contributed by atoms with Crippen molar-refractivity contribution in [1.82, 2.24) is 10.6 Å². The number of carbonyl (C=O) groups is 2. The van der Waals surface area contributed by atoms with E-state index in [1.807, 2.05) is 0 Å². The average Bonchev–Trinajstić information content (AvgIpc) is 2.12. The lowest BCUT2D eigenvalue weighted by Gasteiger charge is -2.17. The summed E-state index contributed by atoms with van der Waals surface area (Å²) < 4.78 is 4.61. The van der Waals surface area contributed by atoms with Crippen LogP contribution in [0.5, 0.6) is 0 Å². The van der Waals surface area contributed by atoms with E-state index in [0.29, 0.717) is 0 Å². The Labute approximate surface area is 99.3 Å². The highest BCUT2D eigenvalue weighted by atomic mass is 32.1. The normalized spacial score (nSPS) is 10.5. The Kier molecular flexibility index (Phi) is 5.91. The smallest absolute Gasteiger partial charge is 0.308 e. The number of rotatable bonds is 4. The summed E-state index contributed by atoms with van der Waals surface area (Å²) in [6, 6.07) is 0. The van der Waals surface area contributed by atoms with Gasteiger partial charge in [-0.3, -0.25) is 9.59 Å². The Morgan fingerprint density at radius 3 is 2.38 bits per heavy atom. The van der Waals surface area contributed by atoms with Crippen molar-refractivity contribution in [2.45, 2.75) is 32.5 Å². The molecule has 1 amide bonds. The number of carbonyl (C=O) groups excluding carboxylic acids is 2. The van der Waals surface area contributed by atoms with Crippen LogP contribution < -0.4 is 10.6 Å². The van der Waals surface area contributed by atoms with Gasteiger partial charge in [0.2, 0.25) is 11.7 Å². The molecule has 0 spiro atoms. The predicted molar refractivity (Wildman–Crippen MR) is 61.4 cm³/mol. The zero-order valence-electron chi connectivity index (χ0n) is 9.49. The van der Waals surface area contributed by atoms with Crippen LogP contribution in [0.25, 0.3) is 0 Å². The summed E-state index contributed by atoms with van der Waals surface area (Å²) in [5.41, 5.74) is 0. The van der Waals surface area contributed by atoms with Crippen LogP contribution in [-0.4, -0.2) is 34.9 Å². The lowest BCUT2D eigenvalue weighted by molar-refractivity contribution is -0.195. The lowest BCUT2D eigenvalue weighted by atomic mass is 10.3. The number of hydrogen-bond acceptors (Lipinski definition) is 5. The molecule has 0 fully saturated rings. The zero-order chi connectivity index (χ0) is 12.8. The van der Waals surface area contributed by atoms with Crippen LogP contribution in [0.4, 0.5) is 0 Å². The molecule has 0 saturated heterocycles. The highest BCUT2D eigenvalue weighted by Crippen LogP contribution is 2.05. The largest absolute Gasteiger partial charge is 0.434 e. The maximum atomic E-state index is 11.2. The first-order valence-electron chi connectivity index (χ1n) is 4.70. The number of thiocarbonyl (C=S) groups is 1. The summed E-state index contributed by atoms with van der Waals surface area (Å²) in [6.07, 6.45) is -0.154. The molecular formula is C9H16N2O4S. The van der Waals surface area contributed by atoms with E-state index in [2.05, 4.69) is 15.4 Å². The molecule has 0 unspecified atom stereocenters. The van der Waals surface area contributed by atoms with Gasteiger partial charge in [0.1, 0.15) is 0 Å². The van der Waals surface area contributed by atoms with Gasteiger partial charge in [-0.25, -0.2) is 0 Å². The van der Waals surface area contributed by atoms with Crippen molar-refractivity contribution in [3.8, 4) is 0 Å². The summed E-state index contributed by atoms with van der Waals surface area (Å²) in [5, 5.41) is 14.3. The number of amides is 1. The maximum Gasteiger partial charge on any atom is 0.308 e. The fourth-order valence-electron chi connectivity index (χ4n) is 0.797.